The molecule has 0 aliphatic rings. The van der Waals surface area contributed by atoms with Gasteiger partial charge in [0.05, 0.1) is 0 Å². The highest BCUT2D eigenvalue weighted by atomic mass is 16.5. The van der Waals surface area contributed by atoms with E-state index < -0.39 is 0 Å². The summed E-state index contributed by atoms with van der Waals surface area (Å²) in [6.45, 7) is 0.564. The largest absolute Gasteiger partial charge is 0.345 e. The van der Waals surface area contributed by atoms with E-state index in [4.69, 9.17) is 4.52 Å². The molecule has 3 aromatic rings. The van der Waals surface area contributed by atoms with Crippen LogP contribution in [0.5, 0.6) is 0 Å². The minimum atomic E-state index is 0.0440. The molecule has 0 atom stereocenters. The molecule has 0 saturated carbocycles. The van der Waals surface area contributed by atoms with Crippen LogP contribution >= 0.6 is 0 Å². The van der Waals surface area contributed by atoms with Crippen LogP contribution in [0.15, 0.2) is 71.6 Å². The molecule has 0 saturated heterocycles. The number of benzene rings is 2. The first-order chi connectivity index (χ1) is 12.2. The van der Waals surface area contributed by atoms with E-state index in [1.54, 1.807) is 4.90 Å². The predicted molar refractivity (Wildman–Crippen MR) is 95.0 cm³/mol. The van der Waals surface area contributed by atoms with Gasteiger partial charge < -0.3 is 9.42 Å². The summed E-state index contributed by atoms with van der Waals surface area (Å²) in [5.41, 5.74) is 2.29. The summed E-state index contributed by atoms with van der Waals surface area (Å²) in [4.78, 5) is 18.4. The van der Waals surface area contributed by atoms with E-state index >= 15 is 0 Å². The Bertz CT molecular complexity index is 734. The van der Waals surface area contributed by atoms with Gasteiger partial charge in [0.1, 0.15) is 0 Å². The number of rotatable bonds is 7. The Labute approximate surface area is 147 Å². The summed E-state index contributed by atoms with van der Waals surface area (Å²) in [7, 11) is 1.81. The summed E-state index contributed by atoms with van der Waals surface area (Å²) in [6.07, 6.45) is 2.31. The van der Waals surface area contributed by atoms with Gasteiger partial charge in [-0.3, -0.25) is 4.79 Å². The first-order valence-corrected chi connectivity index (χ1v) is 8.33. The van der Waals surface area contributed by atoms with Gasteiger partial charge in [-0.1, -0.05) is 65.8 Å². The van der Waals surface area contributed by atoms with Crippen LogP contribution in [0.2, 0.25) is 0 Å². The minimum Gasteiger partial charge on any atom is -0.345 e. The van der Waals surface area contributed by atoms with E-state index in [9.17, 15) is 4.79 Å². The molecule has 0 unspecified atom stereocenters. The van der Waals surface area contributed by atoms with Crippen molar-refractivity contribution in [1.82, 2.24) is 15.0 Å². The molecule has 1 heterocycles. The van der Waals surface area contributed by atoms with Crippen molar-refractivity contribution in [1.29, 1.82) is 0 Å². The lowest BCUT2D eigenvalue weighted by Gasteiger charge is -2.22. The smallest absolute Gasteiger partial charge is 0.223 e. The van der Waals surface area contributed by atoms with Crippen LogP contribution in [-0.4, -0.2) is 34.5 Å². The molecule has 1 aromatic heterocycles. The van der Waals surface area contributed by atoms with Crippen molar-refractivity contribution in [3.63, 3.8) is 0 Å². The van der Waals surface area contributed by atoms with Crippen LogP contribution in [0.1, 0.15) is 29.3 Å². The zero-order valence-electron chi connectivity index (χ0n) is 14.2. The third kappa shape index (κ3) is 4.53. The minimum absolute atomic E-state index is 0.0440. The lowest BCUT2D eigenvalue weighted by atomic mass is 9.88. The molecular formula is C20H21N3O2. The maximum Gasteiger partial charge on any atom is 0.223 e. The fourth-order valence-corrected chi connectivity index (χ4v) is 2.82. The van der Waals surface area contributed by atoms with Crippen molar-refractivity contribution in [3.05, 3.63) is 84.0 Å². The third-order valence-corrected chi connectivity index (χ3v) is 4.29. The Morgan fingerprint density at radius 3 is 2.16 bits per heavy atom. The number of amides is 1. The Morgan fingerprint density at radius 2 is 1.64 bits per heavy atom. The van der Waals surface area contributed by atoms with Gasteiger partial charge in [0, 0.05) is 32.4 Å². The zero-order valence-corrected chi connectivity index (χ0v) is 14.2. The standard InChI is InChI=1S/C20H21N3O2/c1-23(13-12-19-21-15-25-22-19)20(24)14-18(16-8-4-2-5-9-16)17-10-6-3-7-11-17/h2-11,15,18H,12-14H2,1H3. The van der Waals surface area contributed by atoms with Gasteiger partial charge in [-0.2, -0.15) is 4.98 Å². The molecule has 25 heavy (non-hydrogen) atoms. The number of likely N-dealkylation sites (N-methyl/N-ethyl adjacent to an activating group) is 1. The number of aromatic nitrogens is 2. The average molecular weight is 335 g/mol. The van der Waals surface area contributed by atoms with E-state index in [0.29, 0.717) is 25.2 Å². The number of hydrogen-bond acceptors (Lipinski definition) is 4. The third-order valence-electron chi connectivity index (χ3n) is 4.29. The second-order valence-electron chi connectivity index (χ2n) is 5.99. The molecule has 5 nitrogen and oxygen atoms in total. The first kappa shape index (κ1) is 16.9. The summed E-state index contributed by atoms with van der Waals surface area (Å²) < 4.78 is 4.72. The van der Waals surface area contributed by atoms with Crippen LogP contribution in [0.25, 0.3) is 0 Å². The maximum absolute atomic E-state index is 12.7. The van der Waals surface area contributed by atoms with Crippen LogP contribution in [0.3, 0.4) is 0 Å². The number of nitrogens with zero attached hydrogens (tertiary/aromatic N) is 3. The normalized spacial score (nSPS) is 10.8. The molecule has 0 aliphatic heterocycles. The number of carbonyl (C=O) groups excluding carboxylic acids is 1. The summed E-state index contributed by atoms with van der Waals surface area (Å²) in [5.74, 6) is 0.756. The SMILES string of the molecule is CN(CCc1ncon1)C(=O)CC(c1ccccc1)c1ccccc1. The second kappa shape index (κ2) is 8.24. The maximum atomic E-state index is 12.7. The van der Waals surface area contributed by atoms with E-state index in [1.807, 2.05) is 43.4 Å². The second-order valence-corrected chi connectivity index (χ2v) is 5.99. The molecule has 5 heteroatoms. The molecule has 0 N–H and O–H groups in total. The molecule has 1 amide bonds. The Morgan fingerprint density at radius 1 is 1.04 bits per heavy atom. The Kier molecular flexibility index (Phi) is 5.57. The van der Waals surface area contributed by atoms with Gasteiger partial charge >= 0.3 is 0 Å². The molecule has 0 bridgehead atoms. The summed E-state index contributed by atoms with van der Waals surface area (Å²) in [6, 6.07) is 20.3. The van der Waals surface area contributed by atoms with Crippen molar-refractivity contribution in [2.75, 3.05) is 13.6 Å². The van der Waals surface area contributed by atoms with Crippen molar-refractivity contribution in [2.45, 2.75) is 18.8 Å². The lowest BCUT2D eigenvalue weighted by Crippen LogP contribution is -2.30. The molecule has 2 aromatic carbocycles. The van der Waals surface area contributed by atoms with E-state index in [-0.39, 0.29) is 11.8 Å². The van der Waals surface area contributed by atoms with Gasteiger partial charge in [-0.05, 0) is 11.1 Å². The van der Waals surface area contributed by atoms with Crippen molar-refractivity contribution >= 4 is 5.91 Å². The highest BCUT2D eigenvalue weighted by Crippen LogP contribution is 2.28. The lowest BCUT2D eigenvalue weighted by molar-refractivity contribution is -0.130. The summed E-state index contributed by atoms with van der Waals surface area (Å²) >= 11 is 0. The van der Waals surface area contributed by atoms with Crippen LogP contribution in [0, 0.1) is 0 Å². The Hall–Kier alpha value is -2.95. The van der Waals surface area contributed by atoms with Gasteiger partial charge in [-0.15, -0.1) is 0 Å². The predicted octanol–water partition coefficient (Wildman–Crippen LogP) is 3.29. The molecule has 0 spiro atoms. The van der Waals surface area contributed by atoms with Gasteiger partial charge in [0.2, 0.25) is 12.3 Å². The average Bonchev–Trinajstić information content (AvgIpc) is 3.19. The fourth-order valence-electron chi connectivity index (χ4n) is 2.82. The van der Waals surface area contributed by atoms with Crippen LogP contribution in [-0.2, 0) is 11.2 Å². The molecule has 128 valence electrons. The Balaban J connectivity index is 1.70. The monoisotopic (exact) mass is 335 g/mol. The van der Waals surface area contributed by atoms with Gasteiger partial charge in [-0.25, -0.2) is 0 Å². The van der Waals surface area contributed by atoms with Crippen molar-refractivity contribution in [2.24, 2.45) is 0 Å². The number of hydrogen-bond donors (Lipinski definition) is 0. The van der Waals surface area contributed by atoms with Crippen LogP contribution in [0.4, 0.5) is 0 Å². The van der Waals surface area contributed by atoms with E-state index in [2.05, 4.69) is 34.4 Å². The zero-order chi connectivity index (χ0) is 17.5. The molecule has 0 radical (unpaired) electrons. The summed E-state index contributed by atoms with van der Waals surface area (Å²) in [5, 5.41) is 3.78. The van der Waals surface area contributed by atoms with Gasteiger partial charge in [0.15, 0.2) is 5.82 Å². The molecular weight excluding hydrogens is 314 g/mol. The van der Waals surface area contributed by atoms with Crippen molar-refractivity contribution < 1.29 is 9.32 Å². The topological polar surface area (TPSA) is 59.2 Å². The quantitative estimate of drug-likeness (QED) is 0.665. The fraction of sp³-hybridized carbons (Fsp3) is 0.250. The highest BCUT2D eigenvalue weighted by Gasteiger charge is 2.20. The van der Waals surface area contributed by atoms with Crippen molar-refractivity contribution in [3.8, 4) is 0 Å². The molecule has 3 rings (SSSR count). The first-order valence-electron chi connectivity index (χ1n) is 8.33. The highest BCUT2D eigenvalue weighted by molar-refractivity contribution is 5.77. The van der Waals surface area contributed by atoms with E-state index in [0.717, 1.165) is 11.1 Å². The molecule has 0 fully saturated rings. The van der Waals surface area contributed by atoms with E-state index in [1.165, 1.54) is 6.39 Å². The number of carbonyl (C=O) groups is 1. The van der Waals surface area contributed by atoms with Gasteiger partial charge in [0.25, 0.3) is 0 Å². The van der Waals surface area contributed by atoms with Crippen LogP contribution < -0.4 is 0 Å². The molecule has 0 aliphatic carbocycles.